The van der Waals surface area contributed by atoms with E-state index >= 15 is 0 Å². The van der Waals surface area contributed by atoms with Gasteiger partial charge in [0.1, 0.15) is 0 Å². The average molecular weight is 152 g/mol. The fourth-order valence-corrected chi connectivity index (χ4v) is 1.12. The Morgan fingerprint density at radius 3 is 2.64 bits per heavy atom. The summed E-state index contributed by atoms with van der Waals surface area (Å²) >= 11 is 0. The van der Waals surface area contributed by atoms with Gasteiger partial charge in [-0.25, -0.2) is 0 Å². The van der Waals surface area contributed by atoms with Gasteiger partial charge in [0.2, 0.25) is 0 Å². The van der Waals surface area contributed by atoms with Crippen LogP contribution in [0.5, 0.6) is 0 Å². The van der Waals surface area contributed by atoms with Gasteiger partial charge in [0, 0.05) is 0 Å². The van der Waals surface area contributed by atoms with E-state index in [-0.39, 0.29) is 0 Å². The molecular weight excluding hydrogens is 132 g/mol. The second kappa shape index (κ2) is 6.21. The molecule has 0 fully saturated rings. The molecule has 0 aromatic rings. The zero-order valence-corrected chi connectivity index (χ0v) is 8.06. The summed E-state index contributed by atoms with van der Waals surface area (Å²) in [5, 5.41) is 0. The lowest BCUT2D eigenvalue weighted by molar-refractivity contribution is 0.619. The Bertz CT molecular complexity index is 131. The molecule has 0 radical (unpaired) electrons. The molecule has 0 spiro atoms. The Balaban J connectivity index is 3.71. The fraction of sp³-hybridized carbons (Fsp3) is 0.636. The highest BCUT2D eigenvalue weighted by Crippen LogP contribution is 2.16. The lowest BCUT2D eigenvalue weighted by Crippen LogP contribution is -1.95. The standard InChI is InChI=1S/C11H20/c1-5-7-9-11(4)10(3)8-6-2/h5,8,11H,1,6-7,9H2,2-4H3. The molecule has 0 saturated heterocycles. The van der Waals surface area contributed by atoms with Crippen LogP contribution in [-0.4, -0.2) is 0 Å². The third-order valence-corrected chi connectivity index (χ3v) is 2.11. The molecule has 0 heteroatoms. The van der Waals surface area contributed by atoms with E-state index in [1.165, 1.54) is 12.0 Å². The SMILES string of the molecule is C=CCCC(C)C(C)=CCC. The van der Waals surface area contributed by atoms with Gasteiger partial charge in [-0.2, -0.15) is 0 Å². The minimum Gasteiger partial charge on any atom is -0.103 e. The summed E-state index contributed by atoms with van der Waals surface area (Å²) in [6.07, 6.45) is 7.84. The van der Waals surface area contributed by atoms with Crippen molar-refractivity contribution in [3.63, 3.8) is 0 Å². The molecule has 0 aliphatic rings. The van der Waals surface area contributed by atoms with Gasteiger partial charge in [0.05, 0.1) is 0 Å². The predicted molar refractivity (Wildman–Crippen MR) is 52.6 cm³/mol. The van der Waals surface area contributed by atoms with Crippen molar-refractivity contribution in [1.29, 1.82) is 0 Å². The first-order valence-corrected chi connectivity index (χ1v) is 4.49. The molecule has 0 saturated carbocycles. The van der Waals surface area contributed by atoms with Crippen molar-refractivity contribution in [3.05, 3.63) is 24.3 Å². The molecule has 0 N–H and O–H groups in total. The van der Waals surface area contributed by atoms with Gasteiger partial charge in [0.25, 0.3) is 0 Å². The quantitative estimate of drug-likeness (QED) is 0.523. The first kappa shape index (κ1) is 10.5. The molecule has 1 unspecified atom stereocenters. The highest BCUT2D eigenvalue weighted by Gasteiger charge is 2.00. The Labute approximate surface area is 71.0 Å². The van der Waals surface area contributed by atoms with Gasteiger partial charge in [-0.3, -0.25) is 0 Å². The smallest absolute Gasteiger partial charge is 0.0232 e. The fourth-order valence-electron chi connectivity index (χ4n) is 1.12. The molecular formula is C11H20. The first-order valence-electron chi connectivity index (χ1n) is 4.49. The molecule has 11 heavy (non-hydrogen) atoms. The molecule has 64 valence electrons. The van der Waals surface area contributed by atoms with Crippen molar-refractivity contribution in [2.75, 3.05) is 0 Å². The Hall–Kier alpha value is -0.520. The molecule has 1 atom stereocenters. The van der Waals surface area contributed by atoms with Crippen LogP contribution in [0.15, 0.2) is 24.3 Å². The van der Waals surface area contributed by atoms with E-state index in [4.69, 9.17) is 0 Å². The van der Waals surface area contributed by atoms with Crippen LogP contribution in [0.25, 0.3) is 0 Å². The highest BCUT2D eigenvalue weighted by atomic mass is 14.1. The van der Waals surface area contributed by atoms with E-state index in [9.17, 15) is 0 Å². The van der Waals surface area contributed by atoms with Gasteiger partial charge >= 0.3 is 0 Å². The summed E-state index contributed by atoms with van der Waals surface area (Å²) < 4.78 is 0. The van der Waals surface area contributed by atoms with E-state index in [1.54, 1.807) is 0 Å². The summed E-state index contributed by atoms with van der Waals surface area (Å²) in [6, 6.07) is 0. The number of hydrogen-bond acceptors (Lipinski definition) is 0. The molecule has 0 aromatic carbocycles. The van der Waals surface area contributed by atoms with Crippen LogP contribution >= 0.6 is 0 Å². The second-order valence-electron chi connectivity index (χ2n) is 3.12. The Morgan fingerprint density at radius 2 is 2.18 bits per heavy atom. The maximum Gasteiger partial charge on any atom is -0.0232 e. The van der Waals surface area contributed by atoms with Crippen molar-refractivity contribution in [2.45, 2.75) is 40.0 Å². The minimum atomic E-state index is 0.730. The van der Waals surface area contributed by atoms with Crippen LogP contribution in [-0.2, 0) is 0 Å². The third-order valence-electron chi connectivity index (χ3n) is 2.11. The molecule has 0 aliphatic carbocycles. The van der Waals surface area contributed by atoms with E-state index in [0.29, 0.717) is 0 Å². The summed E-state index contributed by atoms with van der Waals surface area (Å²) in [5.74, 6) is 0.730. The van der Waals surface area contributed by atoms with Gasteiger partial charge in [0.15, 0.2) is 0 Å². The number of rotatable bonds is 5. The second-order valence-corrected chi connectivity index (χ2v) is 3.12. The van der Waals surface area contributed by atoms with Gasteiger partial charge in [-0.1, -0.05) is 31.6 Å². The Kier molecular flexibility index (Phi) is 5.91. The first-order chi connectivity index (χ1) is 5.22. The summed E-state index contributed by atoms with van der Waals surface area (Å²) in [5.41, 5.74) is 1.52. The van der Waals surface area contributed by atoms with Gasteiger partial charge in [-0.15, -0.1) is 6.58 Å². The van der Waals surface area contributed by atoms with Crippen molar-refractivity contribution in [1.82, 2.24) is 0 Å². The molecule has 0 rings (SSSR count). The molecule has 0 bridgehead atoms. The zero-order chi connectivity index (χ0) is 8.69. The summed E-state index contributed by atoms with van der Waals surface area (Å²) in [4.78, 5) is 0. The molecule has 0 heterocycles. The van der Waals surface area contributed by atoms with E-state index in [0.717, 1.165) is 18.8 Å². The van der Waals surface area contributed by atoms with Crippen molar-refractivity contribution in [3.8, 4) is 0 Å². The zero-order valence-electron chi connectivity index (χ0n) is 8.06. The molecule has 0 aromatic heterocycles. The van der Waals surface area contributed by atoms with E-state index in [2.05, 4.69) is 33.4 Å². The van der Waals surface area contributed by atoms with Crippen LogP contribution < -0.4 is 0 Å². The third kappa shape index (κ3) is 4.83. The maximum atomic E-state index is 3.72. The molecule has 0 nitrogen and oxygen atoms in total. The van der Waals surface area contributed by atoms with E-state index < -0.39 is 0 Å². The Morgan fingerprint density at radius 1 is 1.55 bits per heavy atom. The lowest BCUT2D eigenvalue weighted by atomic mass is 9.97. The highest BCUT2D eigenvalue weighted by molar-refractivity contribution is 5.01. The summed E-state index contributed by atoms with van der Waals surface area (Å²) in [7, 11) is 0. The minimum absolute atomic E-state index is 0.730. The number of allylic oxidation sites excluding steroid dienone is 3. The van der Waals surface area contributed by atoms with Crippen molar-refractivity contribution >= 4 is 0 Å². The van der Waals surface area contributed by atoms with Gasteiger partial charge < -0.3 is 0 Å². The molecule has 0 amide bonds. The van der Waals surface area contributed by atoms with Crippen LogP contribution in [0.2, 0.25) is 0 Å². The topological polar surface area (TPSA) is 0 Å². The van der Waals surface area contributed by atoms with Crippen LogP contribution in [0, 0.1) is 5.92 Å². The van der Waals surface area contributed by atoms with Crippen LogP contribution in [0.4, 0.5) is 0 Å². The predicted octanol–water partition coefficient (Wildman–Crippen LogP) is 3.95. The average Bonchev–Trinajstić information content (AvgIpc) is 2.00. The molecule has 0 aliphatic heterocycles. The maximum absolute atomic E-state index is 3.72. The number of hydrogen-bond donors (Lipinski definition) is 0. The monoisotopic (exact) mass is 152 g/mol. The lowest BCUT2D eigenvalue weighted by Gasteiger charge is -2.09. The van der Waals surface area contributed by atoms with Crippen LogP contribution in [0.3, 0.4) is 0 Å². The normalized spacial score (nSPS) is 14.6. The van der Waals surface area contributed by atoms with Gasteiger partial charge in [-0.05, 0) is 32.1 Å². The van der Waals surface area contributed by atoms with Crippen molar-refractivity contribution in [2.24, 2.45) is 5.92 Å². The van der Waals surface area contributed by atoms with Crippen LogP contribution in [0.1, 0.15) is 40.0 Å². The summed E-state index contributed by atoms with van der Waals surface area (Å²) in [6.45, 7) is 10.4. The van der Waals surface area contributed by atoms with E-state index in [1.807, 2.05) is 6.08 Å². The largest absolute Gasteiger partial charge is 0.103 e. The van der Waals surface area contributed by atoms with Crippen molar-refractivity contribution < 1.29 is 0 Å².